The Morgan fingerprint density at radius 1 is 1.06 bits per heavy atom. The first-order valence-corrected chi connectivity index (χ1v) is 13.4. The molecule has 0 aliphatic carbocycles. The number of carbonyl (C=O) groups excluding carboxylic acids is 2. The molecule has 194 valence electrons. The van der Waals surface area contributed by atoms with Gasteiger partial charge in [-0.05, 0) is 48.6 Å². The second kappa shape index (κ2) is 10.5. The second-order valence-corrected chi connectivity index (χ2v) is 11.2. The Morgan fingerprint density at radius 3 is 2.39 bits per heavy atom. The molecule has 0 spiro atoms. The lowest BCUT2D eigenvalue weighted by atomic mass is 9.95. The van der Waals surface area contributed by atoms with E-state index in [4.69, 9.17) is 14.2 Å². The number of para-hydroxylation sites is 2. The topological polar surface area (TPSA) is 102 Å². The van der Waals surface area contributed by atoms with Crippen LogP contribution in [0.25, 0.3) is 0 Å². The molecule has 0 radical (unpaired) electrons. The molecular formula is C26H32N2O7S. The molecule has 36 heavy (non-hydrogen) atoms. The van der Waals surface area contributed by atoms with Crippen molar-refractivity contribution in [1.29, 1.82) is 0 Å². The molecular weight excluding hydrogens is 484 g/mol. The number of benzene rings is 2. The highest BCUT2D eigenvalue weighted by Crippen LogP contribution is 2.37. The number of piperidine rings is 1. The van der Waals surface area contributed by atoms with Crippen LogP contribution in [-0.2, 0) is 24.3 Å². The Morgan fingerprint density at radius 2 is 1.75 bits per heavy atom. The van der Waals surface area contributed by atoms with Crippen molar-refractivity contribution in [3.05, 3.63) is 48.0 Å². The van der Waals surface area contributed by atoms with Crippen molar-refractivity contribution in [1.82, 2.24) is 4.31 Å². The molecule has 1 unspecified atom stereocenters. The van der Waals surface area contributed by atoms with E-state index in [1.807, 2.05) is 19.9 Å². The number of carbonyl (C=O) groups is 2. The number of rotatable bonds is 6. The number of hydrogen-bond acceptors (Lipinski definition) is 7. The van der Waals surface area contributed by atoms with Crippen LogP contribution in [0.3, 0.4) is 0 Å². The molecule has 2 aliphatic heterocycles. The summed E-state index contributed by atoms with van der Waals surface area (Å²) in [5.74, 6) is -0.193. The molecule has 1 amide bonds. The summed E-state index contributed by atoms with van der Waals surface area (Å²) < 4.78 is 44.4. The third-order valence-electron chi connectivity index (χ3n) is 6.78. The zero-order valence-corrected chi connectivity index (χ0v) is 21.8. The van der Waals surface area contributed by atoms with E-state index in [9.17, 15) is 18.0 Å². The minimum atomic E-state index is -3.80. The van der Waals surface area contributed by atoms with Crippen molar-refractivity contribution < 1.29 is 32.2 Å². The van der Waals surface area contributed by atoms with Gasteiger partial charge in [-0.3, -0.25) is 4.79 Å². The van der Waals surface area contributed by atoms with Crippen LogP contribution in [0.5, 0.6) is 11.5 Å². The summed E-state index contributed by atoms with van der Waals surface area (Å²) >= 11 is 0. The molecule has 10 heteroatoms. The Bertz CT molecular complexity index is 1240. The maximum Gasteiger partial charge on any atom is 0.348 e. The van der Waals surface area contributed by atoms with E-state index >= 15 is 0 Å². The number of sulfonamides is 1. The van der Waals surface area contributed by atoms with Crippen LogP contribution >= 0.6 is 0 Å². The minimum Gasteiger partial charge on any atom is -0.495 e. The Balaban J connectivity index is 1.52. The van der Waals surface area contributed by atoms with Crippen molar-refractivity contribution in [2.75, 3.05) is 38.8 Å². The highest BCUT2D eigenvalue weighted by atomic mass is 32.2. The number of ether oxygens (including phenoxy) is 3. The van der Waals surface area contributed by atoms with Crippen molar-refractivity contribution in [3.8, 4) is 11.5 Å². The molecule has 0 saturated carbocycles. The van der Waals surface area contributed by atoms with Crippen molar-refractivity contribution in [2.45, 2.75) is 43.6 Å². The minimum absolute atomic E-state index is 0.0419. The van der Waals surface area contributed by atoms with Gasteiger partial charge >= 0.3 is 5.97 Å². The van der Waals surface area contributed by atoms with E-state index in [0.717, 1.165) is 5.56 Å². The number of esters is 1. The van der Waals surface area contributed by atoms with E-state index in [-0.39, 0.29) is 42.3 Å². The van der Waals surface area contributed by atoms with E-state index in [0.29, 0.717) is 30.0 Å². The fraction of sp³-hybridized carbons (Fsp3) is 0.462. The normalized spacial score (nSPS) is 18.9. The predicted octanol–water partition coefficient (Wildman–Crippen LogP) is 3.19. The largest absolute Gasteiger partial charge is 0.495 e. The van der Waals surface area contributed by atoms with Gasteiger partial charge in [-0.2, -0.15) is 4.31 Å². The van der Waals surface area contributed by atoms with Gasteiger partial charge in [0.05, 0.1) is 26.5 Å². The molecule has 9 nitrogen and oxygen atoms in total. The van der Waals surface area contributed by atoms with E-state index < -0.39 is 22.1 Å². The van der Waals surface area contributed by atoms with Crippen LogP contribution in [0.2, 0.25) is 0 Å². The van der Waals surface area contributed by atoms with Crippen LogP contribution in [0.4, 0.5) is 5.69 Å². The molecule has 1 saturated heterocycles. The number of nitrogens with zero attached hydrogens (tertiary/aromatic N) is 2. The number of hydrogen-bond donors (Lipinski definition) is 0. The summed E-state index contributed by atoms with van der Waals surface area (Å²) in [7, 11) is -1.07. The Kier molecular flexibility index (Phi) is 7.56. The van der Waals surface area contributed by atoms with Crippen LogP contribution in [0, 0.1) is 5.92 Å². The standard InChI is InChI=1S/C26H32N2O7S/c1-17(2)19-9-10-22(33-3)24(15-19)36(31,32)27-13-11-18(12-14-27)25(29)28-16-23(26(30)34-4)35-21-8-6-5-7-20(21)28/h5-10,15,17-18,23H,11-14,16H2,1-4H3. The third kappa shape index (κ3) is 4.92. The van der Waals surface area contributed by atoms with Crippen molar-refractivity contribution >= 4 is 27.6 Å². The maximum absolute atomic E-state index is 13.5. The summed E-state index contributed by atoms with van der Waals surface area (Å²) in [6.07, 6.45) is -0.186. The zero-order chi connectivity index (χ0) is 26.0. The number of methoxy groups -OCH3 is 2. The lowest BCUT2D eigenvalue weighted by Crippen LogP contribution is -2.51. The lowest BCUT2D eigenvalue weighted by Gasteiger charge is -2.37. The first-order chi connectivity index (χ1) is 17.2. The third-order valence-corrected chi connectivity index (χ3v) is 8.70. The summed E-state index contributed by atoms with van der Waals surface area (Å²) in [5.41, 5.74) is 1.50. The van der Waals surface area contributed by atoms with E-state index in [2.05, 4.69) is 0 Å². The Labute approximate surface area is 212 Å². The number of amides is 1. The SMILES string of the molecule is COC(=O)C1CN(C(=O)C2CCN(S(=O)(=O)c3cc(C(C)C)ccc3OC)CC2)c2ccccc2O1. The maximum atomic E-state index is 13.5. The molecule has 2 aromatic rings. The second-order valence-electron chi connectivity index (χ2n) is 9.29. The van der Waals surface area contributed by atoms with Gasteiger partial charge in [0.1, 0.15) is 16.4 Å². The fourth-order valence-electron chi connectivity index (χ4n) is 4.65. The zero-order valence-electron chi connectivity index (χ0n) is 21.0. The predicted molar refractivity (Wildman–Crippen MR) is 134 cm³/mol. The first kappa shape index (κ1) is 26.0. The Hall–Kier alpha value is -3.11. The van der Waals surface area contributed by atoms with Crippen LogP contribution < -0.4 is 14.4 Å². The monoisotopic (exact) mass is 516 g/mol. The van der Waals surface area contributed by atoms with E-state index in [1.54, 1.807) is 41.3 Å². The van der Waals surface area contributed by atoms with Crippen LogP contribution in [0.1, 0.15) is 38.2 Å². The lowest BCUT2D eigenvalue weighted by molar-refractivity contribution is -0.148. The quantitative estimate of drug-likeness (QED) is 0.544. The molecule has 2 aliphatic rings. The van der Waals surface area contributed by atoms with Gasteiger partial charge in [-0.15, -0.1) is 0 Å². The van der Waals surface area contributed by atoms with Gasteiger partial charge in [0.25, 0.3) is 0 Å². The number of anilines is 1. The molecule has 1 fully saturated rings. The summed E-state index contributed by atoms with van der Waals surface area (Å²) in [4.78, 5) is 27.4. The molecule has 0 bridgehead atoms. The average molecular weight is 517 g/mol. The first-order valence-electron chi connectivity index (χ1n) is 12.0. The summed E-state index contributed by atoms with van der Waals surface area (Å²) in [5, 5.41) is 0. The van der Waals surface area contributed by atoms with Crippen molar-refractivity contribution in [2.24, 2.45) is 5.92 Å². The van der Waals surface area contributed by atoms with Gasteiger partial charge in [0, 0.05) is 19.0 Å². The van der Waals surface area contributed by atoms with Crippen molar-refractivity contribution in [3.63, 3.8) is 0 Å². The van der Waals surface area contributed by atoms with Crippen LogP contribution in [0.15, 0.2) is 47.4 Å². The van der Waals surface area contributed by atoms with Gasteiger partial charge in [0.2, 0.25) is 22.0 Å². The highest BCUT2D eigenvalue weighted by molar-refractivity contribution is 7.89. The highest BCUT2D eigenvalue weighted by Gasteiger charge is 2.39. The summed E-state index contributed by atoms with van der Waals surface area (Å²) in [6.45, 7) is 4.47. The van der Waals surface area contributed by atoms with Gasteiger partial charge in [-0.1, -0.05) is 32.0 Å². The van der Waals surface area contributed by atoms with Gasteiger partial charge in [-0.25, -0.2) is 13.2 Å². The average Bonchev–Trinajstić information content (AvgIpc) is 2.91. The van der Waals surface area contributed by atoms with Gasteiger partial charge in [0.15, 0.2) is 0 Å². The number of fused-ring (bicyclic) bond motifs is 1. The van der Waals surface area contributed by atoms with Gasteiger partial charge < -0.3 is 19.1 Å². The van der Waals surface area contributed by atoms with Crippen LogP contribution in [-0.4, -0.2) is 64.6 Å². The smallest absolute Gasteiger partial charge is 0.348 e. The summed E-state index contributed by atoms with van der Waals surface area (Å²) in [6, 6.07) is 12.3. The fourth-order valence-corrected chi connectivity index (χ4v) is 6.31. The molecule has 2 heterocycles. The molecule has 4 rings (SSSR count). The molecule has 1 atom stereocenters. The molecule has 2 aromatic carbocycles. The van der Waals surface area contributed by atoms with E-state index in [1.165, 1.54) is 18.5 Å². The molecule has 0 N–H and O–H groups in total. The molecule has 0 aromatic heterocycles.